The molecule has 8 heteroatoms. The topological polar surface area (TPSA) is 103 Å². The molecule has 0 saturated heterocycles. The molecule has 0 bridgehead atoms. The fourth-order valence-corrected chi connectivity index (χ4v) is 2.97. The Kier molecular flexibility index (Phi) is 4.74. The molecule has 1 N–H and O–H groups in total. The molecule has 29 heavy (non-hydrogen) atoms. The van der Waals surface area contributed by atoms with Crippen LogP contribution < -0.4 is 10.1 Å². The third kappa shape index (κ3) is 3.55. The van der Waals surface area contributed by atoms with Gasteiger partial charge in [0.15, 0.2) is 5.75 Å². The Morgan fingerprint density at radius 2 is 1.79 bits per heavy atom. The van der Waals surface area contributed by atoms with Crippen LogP contribution in [0.15, 0.2) is 61.1 Å². The maximum absolute atomic E-state index is 11.8. The second kappa shape index (κ2) is 7.51. The summed E-state index contributed by atoms with van der Waals surface area (Å²) in [6.45, 7) is 3.90. The lowest BCUT2D eigenvalue weighted by molar-refractivity contribution is -0.385. The first-order valence-corrected chi connectivity index (χ1v) is 8.89. The van der Waals surface area contributed by atoms with Crippen molar-refractivity contribution in [2.24, 2.45) is 0 Å². The third-order valence-corrected chi connectivity index (χ3v) is 4.63. The summed E-state index contributed by atoms with van der Waals surface area (Å²) >= 11 is 0. The van der Waals surface area contributed by atoms with Crippen LogP contribution in [0.4, 0.5) is 17.2 Å². The Hall–Kier alpha value is -4.07. The lowest BCUT2D eigenvalue weighted by Gasteiger charge is -2.12. The Bertz CT molecular complexity index is 1220. The van der Waals surface area contributed by atoms with Crippen LogP contribution in [0.25, 0.3) is 10.9 Å². The molecular formula is C21H17N5O3. The molecule has 8 nitrogen and oxygen atoms in total. The number of benzene rings is 2. The minimum Gasteiger partial charge on any atom is -0.431 e. The minimum absolute atomic E-state index is 0.0573. The number of pyridine rings is 1. The summed E-state index contributed by atoms with van der Waals surface area (Å²) < 4.78 is 5.82. The van der Waals surface area contributed by atoms with Gasteiger partial charge in [-0.1, -0.05) is 30.3 Å². The first-order valence-electron chi connectivity index (χ1n) is 8.89. The monoisotopic (exact) mass is 387 g/mol. The fourth-order valence-electron chi connectivity index (χ4n) is 2.97. The number of aromatic nitrogens is 3. The van der Waals surface area contributed by atoms with E-state index in [9.17, 15) is 10.1 Å². The van der Waals surface area contributed by atoms with E-state index < -0.39 is 4.92 Å². The van der Waals surface area contributed by atoms with Crippen molar-refractivity contribution in [2.75, 3.05) is 5.32 Å². The van der Waals surface area contributed by atoms with E-state index in [1.54, 1.807) is 18.3 Å². The van der Waals surface area contributed by atoms with Gasteiger partial charge in [0.1, 0.15) is 11.8 Å². The van der Waals surface area contributed by atoms with E-state index in [0.717, 1.165) is 22.2 Å². The number of rotatable bonds is 5. The van der Waals surface area contributed by atoms with Gasteiger partial charge in [0, 0.05) is 17.3 Å². The predicted molar refractivity (Wildman–Crippen MR) is 110 cm³/mol. The number of nitro groups is 1. The van der Waals surface area contributed by atoms with Crippen molar-refractivity contribution in [2.45, 2.75) is 13.8 Å². The first kappa shape index (κ1) is 18.3. The van der Waals surface area contributed by atoms with E-state index in [-0.39, 0.29) is 17.4 Å². The molecular weight excluding hydrogens is 370 g/mol. The number of ether oxygens (including phenoxy) is 1. The van der Waals surface area contributed by atoms with E-state index in [2.05, 4.69) is 20.3 Å². The van der Waals surface area contributed by atoms with Gasteiger partial charge < -0.3 is 10.1 Å². The van der Waals surface area contributed by atoms with Gasteiger partial charge in [0.25, 0.3) is 0 Å². The van der Waals surface area contributed by atoms with Crippen LogP contribution in [-0.2, 0) is 0 Å². The lowest BCUT2D eigenvalue weighted by Crippen LogP contribution is -2.04. The van der Waals surface area contributed by atoms with Crippen LogP contribution in [0.5, 0.6) is 11.6 Å². The van der Waals surface area contributed by atoms with E-state index in [4.69, 9.17) is 4.74 Å². The van der Waals surface area contributed by atoms with Gasteiger partial charge in [-0.05, 0) is 43.2 Å². The van der Waals surface area contributed by atoms with Crippen molar-refractivity contribution < 1.29 is 9.66 Å². The van der Waals surface area contributed by atoms with Crippen molar-refractivity contribution in [1.29, 1.82) is 0 Å². The van der Waals surface area contributed by atoms with Gasteiger partial charge in [-0.2, -0.15) is 4.98 Å². The third-order valence-electron chi connectivity index (χ3n) is 4.63. The number of fused-ring (bicyclic) bond motifs is 1. The molecule has 0 fully saturated rings. The molecule has 0 saturated carbocycles. The predicted octanol–water partition coefficient (Wildman–Crippen LogP) is 5.09. The number of aryl methyl sites for hydroxylation is 1. The summed E-state index contributed by atoms with van der Waals surface area (Å²) in [5.74, 6) is 0.278. The fraction of sp³-hybridized carbons (Fsp3) is 0.0952. The number of nitrogens with zero attached hydrogens (tertiary/aromatic N) is 4. The van der Waals surface area contributed by atoms with Crippen molar-refractivity contribution >= 4 is 28.1 Å². The Balaban J connectivity index is 1.77. The zero-order valence-corrected chi connectivity index (χ0v) is 15.8. The summed E-state index contributed by atoms with van der Waals surface area (Å²) in [6.07, 6.45) is 2.87. The molecule has 0 spiro atoms. The van der Waals surface area contributed by atoms with Crippen LogP contribution in [0.1, 0.15) is 11.1 Å². The molecule has 0 atom stereocenters. The van der Waals surface area contributed by atoms with Gasteiger partial charge in [0.2, 0.25) is 5.82 Å². The average Bonchev–Trinajstić information content (AvgIpc) is 2.72. The zero-order valence-electron chi connectivity index (χ0n) is 15.8. The molecule has 0 aliphatic carbocycles. The number of hydrogen-bond acceptors (Lipinski definition) is 7. The lowest BCUT2D eigenvalue weighted by atomic mass is 10.1. The number of hydrogen-bond donors (Lipinski definition) is 1. The summed E-state index contributed by atoms with van der Waals surface area (Å²) in [4.78, 5) is 23.7. The van der Waals surface area contributed by atoms with Crippen LogP contribution in [0, 0.1) is 24.0 Å². The highest BCUT2D eigenvalue weighted by Gasteiger charge is 2.26. The van der Waals surface area contributed by atoms with Gasteiger partial charge in [-0.25, -0.2) is 4.98 Å². The van der Waals surface area contributed by atoms with E-state index >= 15 is 0 Å². The number of nitrogens with one attached hydrogen (secondary N) is 1. The van der Waals surface area contributed by atoms with E-state index in [0.29, 0.717) is 11.3 Å². The maximum atomic E-state index is 11.8. The molecule has 4 aromatic rings. The minimum atomic E-state index is -0.554. The van der Waals surface area contributed by atoms with Crippen molar-refractivity contribution in [1.82, 2.24) is 15.0 Å². The second-order valence-corrected chi connectivity index (χ2v) is 6.44. The van der Waals surface area contributed by atoms with Gasteiger partial charge in [-0.3, -0.25) is 15.1 Å². The highest BCUT2D eigenvalue weighted by molar-refractivity contribution is 5.84. The van der Waals surface area contributed by atoms with E-state index in [1.165, 1.54) is 6.33 Å². The van der Waals surface area contributed by atoms with Crippen molar-refractivity contribution in [3.8, 4) is 11.6 Å². The molecule has 4 rings (SSSR count). The average molecular weight is 387 g/mol. The molecule has 0 amide bonds. The van der Waals surface area contributed by atoms with Crippen LogP contribution in [-0.4, -0.2) is 19.9 Å². The highest BCUT2D eigenvalue weighted by atomic mass is 16.6. The van der Waals surface area contributed by atoms with Gasteiger partial charge >= 0.3 is 11.6 Å². The molecule has 0 aliphatic rings. The number of anilines is 2. The second-order valence-electron chi connectivity index (χ2n) is 6.44. The molecule has 2 heterocycles. The molecule has 0 aliphatic heterocycles. The summed E-state index contributed by atoms with van der Waals surface area (Å²) in [5.41, 5.74) is 3.00. The number of para-hydroxylation sites is 1. The maximum Gasteiger partial charge on any atom is 0.373 e. The van der Waals surface area contributed by atoms with Crippen LogP contribution >= 0.6 is 0 Å². The van der Waals surface area contributed by atoms with Gasteiger partial charge in [-0.15, -0.1) is 0 Å². The molecule has 2 aromatic carbocycles. The smallest absolute Gasteiger partial charge is 0.373 e. The van der Waals surface area contributed by atoms with Crippen LogP contribution in [0.3, 0.4) is 0 Å². The normalized spacial score (nSPS) is 10.7. The van der Waals surface area contributed by atoms with Crippen LogP contribution in [0.2, 0.25) is 0 Å². The first-order chi connectivity index (χ1) is 14.0. The Labute approximate surface area is 166 Å². The Morgan fingerprint density at radius 3 is 2.62 bits per heavy atom. The molecule has 0 radical (unpaired) electrons. The largest absolute Gasteiger partial charge is 0.431 e. The van der Waals surface area contributed by atoms with Gasteiger partial charge in [0.05, 0.1) is 4.92 Å². The summed E-state index contributed by atoms with van der Waals surface area (Å²) in [5, 5.41) is 15.7. The summed E-state index contributed by atoms with van der Waals surface area (Å²) in [6, 6.07) is 14.7. The van der Waals surface area contributed by atoms with Crippen molar-refractivity contribution in [3.63, 3.8) is 0 Å². The molecule has 144 valence electrons. The molecule has 0 unspecified atom stereocenters. The quantitative estimate of drug-likeness (QED) is 0.376. The Morgan fingerprint density at radius 1 is 1.00 bits per heavy atom. The highest BCUT2D eigenvalue weighted by Crippen LogP contribution is 2.37. The SMILES string of the molecule is Cc1cccc(Nc2ncnc(Oc3cccc4cccnc34)c2[N+](=O)[O-])c1C. The standard InChI is InChI=1S/C21H17N5O3/c1-13-6-3-9-16(14(13)2)25-20-19(26(27)28)21(24-12-23-20)29-17-10-4-7-15-8-5-11-22-18(15)17/h3-12H,1-2H3,(H,23,24,25). The van der Waals surface area contributed by atoms with E-state index in [1.807, 2.05) is 50.2 Å². The molecule has 2 aromatic heterocycles. The zero-order chi connectivity index (χ0) is 20.4. The van der Waals surface area contributed by atoms with Crippen molar-refractivity contribution in [3.05, 3.63) is 82.3 Å². The summed E-state index contributed by atoms with van der Waals surface area (Å²) in [7, 11) is 0.